The van der Waals surface area contributed by atoms with Crippen LogP contribution in [0, 0.1) is 5.92 Å². The molecule has 15 N–H and O–H groups in total. The lowest BCUT2D eigenvalue weighted by molar-refractivity contribution is -0.139. The molecule has 1 aromatic rings. The molecule has 0 bridgehead atoms. The van der Waals surface area contributed by atoms with E-state index in [0.717, 1.165) is 5.69 Å². The molecule has 1 amide bonds. The summed E-state index contributed by atoms with van der Waals surface area (Å²) in [5, 5.41) is 32.5. The monoisotopic (exact) mass is 507 g/mol. The number of H-pyrrole nitrogens is 1. The van der Waals surface area contributed by atoms with Crippen molar-refractivity contribution in [3.63, 3.8) is 0 Å². The molecule has 0 aliphatic heterocycles. The molecule has 3 unspecified atom stereocenters. The van der Waals surface area contributed by atoms with Crippen LogP contribution in [0.15, 0.2) is 12.5 Å². The molecule has 35 heavy (non-hydrogen) atoms. The number of rotatable bonds is 11. The van der Waals surface area contributed by atoms with E-state index in [1.807, 2.05) is 13.8 Å². The Labute approximate surface area is 201 Å². The van der Waals surface area contributed by atoms with E-state index in [1.54, 1.807) is 6.20 Å². The maximum atomic E-state index is 10.3. The summed E-state index contributed by atoms with van der Waals surface area (Å²) in [6, 6.07) is -2.52. The second kappa shape index (κ2) is 21.0. The molecule has 0 saturated carbocycles. The van der Waals surface area contributed by atoms with Gasteiger partial charge < -0.3 is 54.1 Å². The van der Waals surface area contributed by atoms with E-state index >= 15 is 0 Å². The Morgan fingerprint density at radius 1 is 0.914 bits per heavy atom. The van der Waals surface area contributed by atoms with Crippen molar-refractivity contribution in [3.05, 3.63) is 18.2 Å². The Morgan fingerprint density at radius 3 is 1.63 bits per heavy atom. The number of carboxylic acids is 4. The van der Waals surface area contributed by atoms with Gasteiger partial charge in [-0.15, -0.1) is 0 Å². The topological polar surface area (TPSA) is 325 Å². The van der Waals surface area contributed by atoms with Crippen LogP contribution in [0.2, 0.25) is 0 Å². The minimum atomic E-state index is -1.11. The lowest BCUT2D eigenvalue weighted by Gasteiger charge is -2.07. The Balaban J connectivity index is -0.000000403. The molecule has 0 fully saturated rings. The lowest BCUT2D eigenvalue weighted by Crippen LogP contribution is -2.32. The van der Waals surface area contributed by atoms with Crippen LogP contribution >= 0.6 is 0 Å². The summed E-state index contributed by atoms with van der Waals surface area (Å²) >= 11 is 0. The third-order valence-electron chi connectivity index (χ3n) is 3.55. The number of carboxylic acid groups (broad SMARTS) is 4. The van der Waals surface area contributed by atoms with Crippen molar-refractivity contribution in [2.24, 2.45) is 34.6 Å². The molecule has 3 atom stereocenters. The van der Waals surface area contributed by atoms with Crippen molar-refractivity contribution >= 4 is 29.8 Å². The molecule has 0 aliphatic carbocycles. The zero-order valence-corrected chi connectivity index (χ0v) is 19.7. The maximum absolute atomic E-state index is 10.3. The second-order valence-electron chi connectivity index (χ2n) is 7.35. The Hall–Kier alpha value is -3.60. The molecule has 0 spiro atoms. The first kappa shape index (κ1) is 36.0. The van der Waals surface area contributed by atoms with Gasteiger partial charge in [0.1, 0.15) is 18.1 Å². The molecule has 202 valence electrons. The van der Waals surface area contributed by atoms with Crippen molar-refractivity contribution in [1.82, 2.24) is 9.97 Å². The van der Waals surface area contributed by atoms with Crippen molar-refractivity contribution in [2.45, 2.75) is 57.7 Å². The molecule has 0 aromatic carbocycles. The van der Waals surface area contributed by atoms with Crippen LogP contribution in [0.25, 0.3) is 0 Å². The number of carbonyl (C=O) groups excluding carboxylic acids is 1. The summed E-state index contributed by atoms with van der Waals surface area (Å²) in [7, 11) is 0. The minimum Gasteiger partial charge on any atom is -0.480 e. The molecule has 1 heterocycles. The van der Waals surface area contributed by atoms with Crippen molar-refractivity contribution in [2.75, 3.05) is 6.54 Å². The fraction of sp³-hybridized carbons (Fsp3) is 0.579. The van der Waals surface area contributed by atoms with Gasteiger partial charge in [-0.05, 0) is 18.8 Å². The van der Waals surface area contributed by atoms with Crippen molar-refractivity contribution < 1.29 is 44.4 Å². The van der Waals surface area contributed by atoms with Crippen LogP contribution in [-0.4, -0.2) is 84.8 Å². The number of nitrogens with one attached hydrogen (secondary N) is 1. The van der Waals surface area contributed by atoms with Gasteiger partial charge in [0.05, 0.1) is 12.9 Å². The lowest BCUT2D eigenvalue weighted by atomic mass is 10.1. The summed E-state index contributed by atoms with van der Waals surface area (Å²) in [5.74, 6) is -4.16. The zero-order chi connectivity index (χ0) is 28.1. The first-order valence-corrected chi connectivity index (χ1v) is 10.2. The highest BCUT2D eigenvalue weighted by molar-refractivity contribution is 5.77. The molecule has 16 heteroatoms. The summed E-state index contributed by atoms with van der Waals surface area (Å²) in [4.78, 5) is 56.3. The average molecular weight is 508 g/mol. The molecule has 1 aromatic heterocycles. The van der Waals surface area contributed by atoms with E-state index in [2.05, 4.69) is 15.7 Å². The van der Waals surface area contributed by atoms with Crippen LogP contribution in [0.3, 0.4) is 0 Å². The van der Waals surface area contributed by atoms with Gasteiger partial charge in [-0.3, -0.25) is 24.0 Å². The van der Waals surface area contributed by atoms with E-state index in [4.69, 9.17) is 43.4 Å². The fourth-order valence-electron chi connectivity index (χ4n) is 1.75. The third kappa shape index (κ3) is 26.5. The van der Waals surface area contributed by atoms with Crippen molar-refractivity contribution in [3.8, 4) is 0 Å². The zero-order valence-electron chi connectivity index (χ0n) is 19.7. The average Bonchev–Trinajstić information content (AvgIpc) is 3.25. The van der Waals surface area contributed by atoms with E-state index in [1.165, 1.54) is 6.33 Å². The highest BCUT2D eigenvalue weighted by Crippen LogP contribution is 2.01. The highest BCUT2D eigenvalue weighted by Gasteiger charge is 2.13. The predicted octanol–water partition coefficient (Wildman–Crippen LogP) is -2.50. The number of imidazole rings is 1. The number of primary amides is 1. The number of aromatic nitrogens is 2. The maximum Gasteiger partial charge on any atom is 0.320 e. The number of aromatic amines is 1. The third-order valence-corrected chi connectivity index (χ3v) is 3.55. The van der Waals surface area contributed by atoms with E-state index in [-0.39, 0.29) is 25.8 Å². The highest BCUT2D eigenvalue weighted by atomic mass is 16.4. The number of nitrogens with two attached hydrogens (primary N) is 5. The number of hydrogen-bond donors (Lipinski definition) is 10. The molecule has 0 saturated heterocycles. The minimum absolute atomic E-state index is 0.0213. The van der Waals surface area contributed by atoms with Gasteiger partial charge in [-0.25, -0.2) is 4.98 Å². The molecule has 0 radical (unpaired) electrons. The van der Waals surface area contributed by atoms with E-state index < -0.39 is 47.9 Å². The Morgan fingerprint density at radius 2 is 1.37 bits per heavy atom. The Kier molecular flexibility index (Phi) is 21.6. The normalized spacial score (nSPS) is 12.2. The largest absolute Gasteiger partial charge is 0.480 e. The number of aliphatic carboxylic acids is 4. The number of carbonyl (C=O) groups is 5. The molecule has 0 aliphatic rings. The Bertz CT molecular complexity index is 758. The number of amides is 1. The van der Waals surface area contributed by atoms with Gasteiger partial charge in [-0.1, -0.05) is 13.8 Å². The van der Waals surface area contributed by atoms with E-state index in [0.29, 0.717) is 12.3 Å². The summed E-state index contributed by atoms with van der Waals surface area (Å²) in [6.45, 7) is 3.62. The van der Waals surface area contributed by atoms with Crippen LogP contribution in [0.5, 0.6) is 0 Å². The van der Waals surface area contributed by atoms with Gasteiger partial charge in [0.25, 0.3) is 0 Å². The quantitative estimate of drug-likeness (QED) is 0.148. The second-order valence-corrected chi connectivity index (χ2v) is 7.35. The molecular weight excluding hydrogens is 470 g/mol. The van der Waals surface area contributed by atoms with Crippen LogP contribution in [0.1, 0.15) is 38.8 Å². The first-order chi connectivity index (χ1) is 16.0. The van der Waals surface area contributed by atoms with E-state index in [9.17, 15) is 24.0 Å². The summed E-state index contributed by atoms with van der Waals surface area (Å²) in [5.41, 5.74) is 25.6. The fourth-order valence-corrected chi connectivity index (χ4v) is 1.75. The standard InChI is InChI=1S/C6H9N3O2.C6H13NO2.C5H10N2O3.C2H5NO2/c7-5(6(10)11)1-4-2-8-3-9-4;1-4(2)3-5(7)6(8)9;6-3(5(9)10)1-2-4(7)8;3-1-2(4)5/h2-3,5H,1,7H2,(H,8,9)(H,10,11);4-5H,3,7H2,1-2H3,(H,8,9);3H,1-2,6H2,(H2,7,8)(H,9,10);1,3H2,(H,4,5). The van der Waals surface area contributed by atoms with Gasteiger partial charge >= 0.3 is 23.9 Å². The predicted molar refractivity (Wildman–Crippen MR) is 124 cm³/mol. The molecule has 16 nitrogen and oxygen atoms in total. The summed E-state index contributed by atoms with van der Waals surface area (Å²) < 4.78 is 0. The van der Waals surface area contributed by atoms with Gasteiger partial charge in [0, 0.05) is 24.7 Å². The van der Waals surface area contributed by atoms with Crippen LogP contribution in [0.4, 0.5) is 0 Å². The van der Waals surface area contributed by atoms with Gasteiger partial charge in [0.15, 0.2) is 0 Å². The first-order valence-electron chi connectivity index (χ1n) is 10.2. The number of nitrogens with zero attached hydrogens (tertiary/aromatic N) is 1. The SMILES string of the molecule is CC(C)CC(N)C(=O)O.NC(=O)CCC(N)C(=O)O.NC(Cc1cnc[nH]1)C(=O)O.NCC(=O)O. The van der Waals surface area contributed by atoms with Gasteiger partial charge in [0.2, 0.25) is 5.91 Å². The van der Waals surface area contributed by atoms with Gasteiger partial charge in [-0.2, -0.15) is 0 Å². The van der Waals surface area contributed by atoms with Crippen LogP contribution in [-0.2, 0) is 30.4 Å². The van der Waals surface area contributed by atoms with Crippen molar-refractivity contribution in [1.29, 1.82) is 0 Å². The molecule has 1 rings (SSSR count). The van der Waals surface area contributed by atoms with Crippen LogP contribution < -0.4 is 28.7 Å². The molecular formula is C19H37N7O9. The summed E-state index contributed by atoms with van der Waals surface area (Å²) in [6.07, 6.45) is 4.01. The number of hydrogen-bond acceptors (Lipinski definition) is 10. The smallest absolute Gasteiger partial charge is 0.320 e.